The summed E-state index contributed by atoms with van der Waals surface area (Å²) in [7, 11) is 0. The molecule has 1 rings (SSSR count). The van der Waals surface area contributed by atoms with Gasteiger partial charge in [0.25, 0.3) is 0 Å². The number of rotatable bonds is 1. The summed E-state index contributed by atoms with van der Waals surface area (Å²) >= 11 is 0. The van der Waals surface area contributed by atoms with Crippen LogP contribution < -0.4 is 0 Å². The Kier molecular flexibility index (Phi) is 0.240. The molecular formula is C4H8O. The molecule has 0 aromatic heterocycles. The molecule has 1 aliphatic rings. The third-order valence-electron chi connectivity index (χ3n) is 0.658. The maximum atomic E-state index is 8.56. The number of aliphatic hydroxyl groups is 1. The van der Waals surface area contributed by atoms with E-state index in [0.29, 0.717) is 12.8 Å². The van der Waals surface area contributed by atoms with Crippen molar-refractivity contribution < 1.29 is 9.22 Å². The molecule has 0 heterocycles. The van der Waals surface area contributed by atoms with Gasteiger partial charge in [0.05, 0.1) is 2.74 Å². The number of hydrogen-bond acceptors (Lipinski definition) is 1. The zero-order valence-corrected chi connectivity index (χ0v) is 2.86. The van der Waals surface area contributed by atoms with Crippen molar-refractivity contribution in [3.63, 3.8) is 0 Å². The Hall–Kier alpha value is -0.0400. The van der Waals surface area contributed by atoms with E-state index < -0.39 is 12.5 Å². The van der Waals surface area contributed by atoms with Crippen molar-refractivity contribution in [1.82, 2.24) is 0 Å². The molecular weight excluding hydrogens is 64.0 g/mol. The van der Waals surface area contributed by atoms with Gasteiger partial charge in [-0.25, -0.2) is 0 Å². The monoisotopic (exact) mass is 75.1 g/mol. The molecule has 0 bridgehead atoms. The van der Waals surface area contributed by atoms with Crippen molar-refractivity contribution >= 4 is 0 Å². The van der Waals surface area contributed by atoms with E-state index in [4.69, 9.17) is 9.22 Å². The Bertz CT molecular complexity index is 99.1. The Morgan fingerprint density at radius 3 is 2.80 bits per heavy atom. The quantitative estimate of drug-likeness (QED) is 0.478. The third kappa shape index (κ3) is 0.618. The molecule has 1 saturated carbocycles. The second-order valence-corrected chi connectivity index (χ2v) is 1.22. The minimum absolute atomic E-state index is 0.483. The van der Waals surface area contributed by atoms with Gasteiger partial charge in [-0.05, 0) is 18.7 Å². The van der Waals surface area contributed by atoms with E-state index in [0.717, 1.165) is 0 Å². The second-order valence-electron chi connectivity index (χ2n) is 1.22. The lowest BCUT2D eigenvalue weighted by Gasteiger charge is -1.73. The van der Waals surface area contributed by atoms with E-state index in [2.05, 4.69) is 0 Å². The zero-order chi connectivity index (χ0) is 6.41. The van der Waals surface area contributed by atoms with Crippen LogP contribution in [0.15, 0.2) is 0 Å². The van der Waals surface area contributed by atoms with E-state index in [1.54, 1.807) is 0 Å². The summed E-state index contributed by atoms with van der Waals surface area (Å²) in [6, 6.07) is 0. The van der Waals surface area contributed by atoms with Gasteiger partial charge < -0.3 is 5.11 Å². The highest BCUT2D eigenvalue weighted by atomic mass is 16.3. The maximum Gasteiger partial charge on any atom is 0.0567 e. The van der Waals surface area contributed by atoms with Crippen LogP contribution in [0, 0.1) is 5.89 Å². The van der Waals surface area contributed by atoms with E-state index in [-0.39, 0.29) is 0 Å². The first-order valence-electron chi connectivity index (χ1n) is 3.18. The molecule has 1 heteroatoms. The molecule has 0 aromatic rings. The van der Waals surface area contributed by atoms with Gasteiger partial charge in [-0.15, -0.1) is 0 Å². The van der Waals surface area contributed by atoms with Crippen LogP contribution in [0.2, 0.25) is 0 Å². The average Bonchev–Trinajstić information content (AvgIpc) is 2.16. The van der Waals surface area contributed by atoms with Crippen LogP contribution in [0.25, 0.3) is 0 Å². The SMILES string of the molecule is [2H]C([2H])(O)C1([2H])CC1. The van der Waals surface area contributed by atoms with E-state index in [9.17, 15) is 0 Å². The molecule has 1 N–H and O–H groups in total. The molecule has 1 fully saturated rings. The van der Waals surface area contributed by atoms with Crippen molar-refractivity contribution in [3.05, 3.63) is 0 Å². The molecule has 5 heavy (non-hydrogen) atoms. The molecule has 0 atom stereocenters. The van der Waals surface area contributed by atoms with Crippen LogP contribution in [0.4, 0.5) is 0 Å². The van der Waals surface area contributed by atoms with Crippen LogP contribution in [0.1, 0.15) is 17.0 Å². The van der Waals surface area contributed by atoms with Gasteiger partial charge in [-0.1, -0.05) is 0 Å². The molecule has 0 spiro atoms. The van der Waals surface area contributed by atoms with Crippen LogP contribution in [0.5, 0.6) is 0 Å². The lowest BCUT2D eigenvalue weighted by atomic mass is 10.5. The van der Waals surface area contributed by atoms with Crippen LogP contribution in [-0.4, -0.2) is 11.7 Å². The predicted molar refractivity (Wildman–Crippen MR) is 19.8 cm³/mol. The van der Waals surface area contributed by atoms with Gasteiger partial charge in [0.2, 0.25) is 0 Å². The topological polar surface area (TPSA) is 20.2 Å². The summed E-state index contributed by atoms with van der Waals surface area (Å²) in [5.41, 5.74) is 0. The third-order valence-corrected chi connectivity index (χ3v) is 0.658. The molecule has 30 valence electrons. The summed E-state index contributed by atoms with van der Waals surface area (Å²) < 4.78 is 20.4. The average molecular weight is 75.1 g/mol. The van der Waals surface area contributed by atoms with Gasteiger partial charge >= 0.3 is 0 Å². The second kappa shape index (κ2) is 0.977. The molecule has 0 saturated heterocycles. The first-order chi connectivity index (χ1) is 3.46. The predicted octanol–water partition coefficient (Wildman–Crippen LogP) is 0.389. The largest absolute Gasteiger partial charge is 0.396 e. The van der Waals surface area contributed by atoms with Crippen molar-refractivity contribution in [2.24, 2.45) is 5.89 Å². The molecule has 1 nitrogen and oxygen atoms in total. The van der Waals surface area contributed by atoms with Gasteiger partial charge in [-0.3, -0.25) is 0 Å². The molecule has 1 aliphatic carbocycles. The highest BCUT2D eigenvalue weighted by Gasteiger charge is 2.18. The standard InChI is InChI=1S/C4H8O/c5-3-4-1-2-4/h4-5H,1-3H2/i3D2,4D. The zero-order valence-electron chi connectivity index (χ0n) is 5.86. The normalized spacial score (nSPS) is 41.4. The summed E-state index contributed by atoms with van der Waals surface area (Å²) in [5, 5.41) is 8.56. The molecule has 0 amide bonds. The molecule has 0 aliphatic heterocycles. The Morgan fingerprint density at radius 1 is 2.20 bits per heavy atom. The van der Waals surface area contributed by atoms with Gasteiger partial charge in [0.1, 0.15) is 0 Å². The smallest absolute Gasteiger partial charge is 0.0567 e. The molecule has 0 radical (unpaired) electrons. The van der Waals surface area contributed by atoms with E-state index in [1.807, 2.05) is 0 Å². The summed E-state index contributed by atoms with van der Waals surface area (Å²) in [5.74, 6) is -1.17. The van der Waals surface area contributed by atoms with Crippen molar-refractivity contribution in [2.75, 3.05) is 6.56 Å². The molecule has 0 unspecified atom stereocenters. The lowest BCUT2D eigenvalue weighted by molar-refractivity contribution is 0.277. The minimum Gasteiger partial charge on any atom is -0.396 e. The number of hydrogen-bond donors (Lipinski definition) is 1. The highest BCUT2D eigenvalue weighted by molar-refractivity contribution is 4.70. The van der Waals surface area contributed by atoms with Gasteiger partial charge in [0, 0.05) is 7.93 Å². The Labute approximate surface area is 35.8 Å². The first kappa shape index (κ1) is 1.23. The van der Waals surface area contributed by atoms with Gasteiger partial charge in [-0.2, -0.15) is 0 Å². The summed E-state index contributed by atoms with van der Waals surface area (Å²) in [4.78, 5) is 0. The summed E-state index contributed by atoms with van der Waals surface area (Å²) in [6.07, 6.45) is 0.965. The van der Waals surface area contributed by atoms with Gasteiger partial charge in [0.15, 0.2) is 0 Å². The Morgan fingerprint density at radius 2 is 2.80 bits per heavy atom. The van der Waals surface area contributed by atoms with Crippen LogP contribution in [-0.2, 0) is 0 Å². The van der Waals surface area contributed by atoms with Crippen LogP contribution in [0.3, 0.4) is 0 Å². The van der Waals surface area contributed by atoms with Crippen LogP contribution >= 0.6 is 0 Å². The lowest BCUT2D eigenvalue weighted by Crippen LogP contribution is -1.78. The van der Waals surface area contributed by atoms with E-state index >= 15 is 0 Å². The first-order valence-corrected chi connectivity index (χ1v) is 1.68. The van der Waals surface area contributed by atoms with Crippen molar-refractivity contribution in [1.29, 1.82) is 0 Å². The van der Waals surface area contributed by atoms with E-state index in [1.165, 1.54) is 0 Å². The van der Waals surface area contributed by atoms with Crippen molar-refractivity contribution in [2.45, 2.75) is 12.8 Å². The fourth-order valence-corrected chi connectivity index (χ4v) is 0.174. The fourth-order valence-electron chi connectivity index (χ4n) is 0.174. The highest BCUT2D eigenvalue weighted by Crippen LogP contribution is 2.27. The van der Waals surface area contributed by atoms with Crippen molar-refractivity contribution in [3.8, 4) is 0 Å². The minimum atomic E-state index is -2.28. The maximum absolute atomic E-state index is 8.56. The summed E-state index contributed by atoms with van der Waals surface area (Å²) in [6.45, 7) is -2.28. The fraction of sp³-hybridized carbons (Fsp3) is 1.00. The molecule has 0 aromatic carbocycles. The Balaban J connectivity index is 2.58.